The Hall–Kier alpha value is -3.15. The molecule has 1 fully saturated rings. The monoisotopic (exact) mass is 458 g/mol. The van der Waals surface area contributed by atoms with Gasteiger partial charge in [-0.05, 0) is 78.8 Å². The van der Waals surface area contributed by atoms with E-state index in [0.717, 1.165) is 29.2 Å². The Balaban J connectivity index is 1.65. The molecule has 4 nitrogen and oxygen atoms in total. The maximum atomic E-state index is 6.31. The van der Waals surface area contributed by atoms with Gasteiger partial charge in [-0.2, -0.15) is 0 Å². The number of aryl methyl sites for hydroxylation is 1. The molecule has 1 N–H and O–H groups in total. The van der Waals surface area contributed by atoms with Crippen molar-refractivity contribution in [1.29, 1.82) is 0 Å². The molecule has 0 radical (unpaired) electrons. The van der Waals surface area contributed by atoms with Gasteiger partial charge in [-0.15, -0.1) is 0 Å². The minimum Gasteiger partial charge on any atom is -0.351 e. The van der Waals surface area contributed by atoms with Crippen LogP contribution in [0.15, 0.2) is 91.3 Å². The minimum atomic E-state index is -0.0950. The molecule has 4 aromatic rings. The number of thiocarbonyl (C=S) groups is 1. The van der Waals surface area contributed by atoms with Crippen molar-refractivity contribution in [2.24, 2.45) is 0 Å². The molecular formula is C26H23ClN4S. The first-order valence-corrected chi connectivity index (χ1v) is 11.5. The Labute approximate surface area is 198 Å². The lowest BCUT2D eigenvalue weighted by molar-refractivity contribution is 0.549. The summed E-state index contributed by atoms with van der Waals surface area (Å²) in [4.78, 5) is 6.85. The SMILES string of the molecule is CCc1ccc(N2C(=S)NC(c3ccccn3)C2c2cccn2-c2cccc(Cl)c2)cc1. The molecule has 2 aromatic heterocycles. The largest absolute Gasteiger partial charge is 0.351 e. The highest BCUT2D eigenvalue weighted by Crippen LogP contribution is 2.42. The molecule has 0 aliphatic carbocycles. The van der Waals surface area contributed by atoms with Gasteiger partial charge in [0.1, 0.15) is 6.04 Å². The van der Waals surface area contributed by atoms with E-state index < -0.39 is 0 Å². The standard InChI is InChI=1S/C26H23ClN4S/c1-2-18-11-13-20(14-12-18)31-25(24(29-26(31)32)22-9-3-4-15-28-22)23-10-6-16-30(23)21-8-5-7-19(27)17-21/h3-17,24-25H,2H2,1H3,(H,29,32). The fourth-order valence-corrected chi connectivity index (χ4v) is 4.85. The number of aromatic nitrogens is 2. The van der Waals surface area contributed by atoms with E-state index in [-0.39, 0.29) is 12.1 Å². The number of pyridine rings is 1. The smallest absolute Gasteiger partial charge is 0.174 e. The number of nitrogens with one attached hydrogen (secondary N) is 1. The van der Waals surface area contributed by atoms with Gasteiger partial charge in [-0.25, -0.2) is 0 Å². The van der Waals surface area contributed by atoms with E-state index in [1.807, 2.05) is 42.6 Å². The number of benzene rings is 2. The quantitative estimate of drug-likeness (QED) is 0.357. The molecule has 0 saturated carbocycles. The molecule has 5 rings (SSSR count). The van der Waals surface area contributed by atoms with Crippen molar-refractivity contribution in [3.63, 3.8) is 0 Å². The van der Waals surface area contributed by atoms with Gasteiger partial charge in [0, 0.05) is 34.5 Å². The summed E-state index contributed by atoms with van der Waals surface area (Å²) in [6.45, 7) is 2.16. The number of rotatable bonds is 5. The Morgan fingerprint density at radius 1 is 0.969 bits per heavy atom. The van der Waals surface area contributed by atoms with Crippen LogP contribution in [0.4, 0.5) is 5.69 Å². The van der Waals surface area contributed by atoms with Crippen LogP contribution in [0.5, 0.6) is 0 Å². The van der Waals surface area contributed by atoms with Crippen molar-refractivity contribution in [1.82, 2.24) is 14.9 Å². The Kier molecular flexibility index (Phi) is 5.68. The first-order chi connectivity index (χ1) is 15.7. The van der Waals surface area contributed by atoms with Crippen LogP contribution in [0.1, 0.15) is 36.0 Å². The molecule has 2 unspecified atom stereocenters. The second kappa shape index (κ2) is 8.77. The zero-order valence-corrected chi connectivity index (χ0v) is 19.2. The van der Waals surface area contributed by atoms with Gasteiger partial charge >= 0.3 is 0 Å². The van der Waals surface area contributed by atoms with Gasteiger partial charge in [0.15, 0.2) is 5.11 Å². The summed E-state index contributed by atoms with van der Waals surface area (Å²) in [5, 5.41) is 4.92. The van der Waals surface area contributed by atoms with E-state index in [1.165, 1.54) is 5.56 Å². The molecular weight excluding hydrogens is 436 g/mol. The Morgan fingerprint density at radius 3 is 2.53 bits per heavy atom. The van der Waals surface area contributed by atoms with Crippen molar-refractivity contribution >= 4 is 34.6 Å². The summed E-state index contributed by atoms with van der Waals surface area (Å²) in [5.41, 5.74) is 5.42. The molecule has 0 bridgehead atoms. The maximum absolute atomic E-state index is 6.31. The number of hydrogen-bond donors (Lipinski definition) is 1. The molecule has 3 heterocycles. The fourth-order valence-electron chi connectivity index (χ4n) is 4.32. The second-order valence-electron chi connectivity index (χ2n) is 7.80. The van der Waals surface area contributed by atoms with E-state index in [1.54, 1.807) is 0 Å². The summed E-state index contributed by atoms with van der Waals surface area (Å²) in [7, 11) is 0. The predicted molar refractivity (Wildman–Crippen MR) is 135 cm³/mol. The molecule has 1 aliphatic rings. The van der Waals surface area contributed by atoms with Gasteiger partial charge < -0.3 is 14.8 Å². The van der Waals surface area contributed by atoms with Crippen molar-refractivity contribution < 1.29 is 0 Å². The highest BCUT2D eigenvalue weighted by atomic mass is 35.5. The lowest BCUT2D eigenvalue weighted by atomic mass is 10.0. The molecule has 0 spiro atoms. The van der Waals surface area contributed by atoms with E-state index in [9.17, 15) is 0 Å². The van der Waals surface area contributed by atoms with Crippen molar-refractivity contribution in [3.05, 3.63) is 113 Å². The minimum absolute atomic E-state index is 0.0844. The van der Waals surface area contributed by atoms with Crippen LogP contribution in [-0.2, 0) is 6.42 Å². The van der Waals surface area contributed by atoms with Crippen LogP contribution in [-0.4, -0.2) is 14.7 Å². The molecule has 0 amide bonds. The van der Waals surface area contributed by atoms with Crippen LogP contribution in [0, 0.1) is 0 Å². The summed E-state index contributed by atoms with van der Waals surface area (Å²) in [5.74, 6) is 0. The highest BCUT2D eigenvalue weighted by Gasteiger charge is 2.42. The van der Waals surface area contributed by atoms with Gasteiger partial charge in [0.2, 0.25) is 0 Å². The van der Waals surface area contributed by atoms with E-state index >= 15 is 0 Å². The summed E-state index contributed by atoms with van der Waals surface area (Å²) >= 11 is 12.2. The summed E-state index contributed by atoms with van der Waals surface area (Å²) < 4.78 is 2.18. The van der Waals surface area contributed by atoms with Crippen LogP contribution < -0.4 is 10.2 Å². The first-order valence-electron chi connectivity index (χ1n) is 10.7. The second-order valence-corrected chi connectivity index (χ2v) is 8.62. The number of anilines is 1. The molecule has 6 heteroatoms. The van der Waals surface area contributed by atoms with Crippen molar-refractivity contribution in [2.75, 3.05) is 4.90 Å². The van der Waals surface area contributed by atoms with Crippen LogP contribution in [0.25, 0.3) is 5.69 Å². The summed E-state index contributed by atoms with van der Waals surface area (Å²) in [6, 6.07) is 26.5. The lowest BCUT2D eigenvalue weighted by Crippen LogP contribution is -2.30. The zero-order chi connectivity index (χ0) is 22.1. The average molecular weight is 459 g/mol. The molecule has 2 atom stereocenters. The molecule has 32 heavy (non-hydrogen) atoms. The van der Waals surface area contributed by atoms with E-state index in [2.05, 4.69) is 75.4 Å². The third-order valence-electron chi connectivity index (χ3n) is 5.89. The zero-order valence-electron chi connectivity index (χ0n) is 17.6. The van der Waals surface area contributed by atoms with E-state index in [4.69, 9.17) is 23.8 Å². The van der Waals surface area contributed by atoms with Crippen molar-refractivity contribution in [2.45, 2.75) is 25.4 Å². The molecule has 1 saturated heterocycles. The van der Waals surface area contributed by atoms with Gasteiger partial charge in [0.25, 0.3) is 0 Å². The topological polar surface area (TPSA) is 33.1 Å². The Morgan fingerprint density at radius 2 is 1.81 bits per heavy atom. The van der Waals surface area contributed by atoms with E-state index in [0.29, 0.717) is 10.1 Å². The first kappa shape index (κ1) is 20.7. The lowest BCUT2D eigenvalue weighted by Gasteiger charge is -2.29. The van der Waals surface area contributed by atoms with Crippen LogP contribution in [0.3, 0.4) is 0 Å². The van der Waals surface area contributed by atoms with Gasteiger partial charge in [-0.3, -0.25) is 4.98 Å². The maximum Gasteiger partial charge on any atom is 0.174 e. The number of nitrogens with zero attached hydrogens (tertiary/aromatic N) is 3. The number of hydrogen-bond acceptors (Lipinski definition) is 2. The molecule has 2 aromatic carbocycles. The summed E-state index contributed by atoms with van der Waals surface area (Å²) in [6.07, 6.45) is 4.89. The molecule has 1 aliphatic heterocycles. The van der Waals surface area contributed by atoms with Gasteiger partial charge in [-0.1, -0.05) is 42.8 Å². The molecule has 160 valence electrons. The Bertz CT molecular complexity index is 1240. The third-order valence-corrected chi connectivity index (χ3v) is 6.44. The predicted octanol–water partition coefficient (Wildman–Crippen LogP) is 6.27. The number of halogens is 1. The highest BCUT2D eigenvalue weighted by molar-refractivity contribution is 7.80. The normalized spacial score (nSPS) is 18.1. The fraction of sp³-hybridized carbons (Fsp3) is 0.154. The average Bonchev–Trinajstić information content (AvgIpc) is 3.44. The van der Waals surface area contributed by atoms with Gasteiger partial charge in [0.05, 0.1) is 11.7 Å². The van der Waals surface area contributed by atoms with Crippen LogP contribution >= 0.6 is 23.8 Å². The van der Waals surface area contributed by atoms with Crippen LogP contribution in [0.2, 0.25) is 5.02 Å². The van der Waals surface area contributed by atoms with Crippen molar-refractivity contribution in [3.8, 4) is 5.69 Å². The third kappa shape index (κ3) is 3.78.